The summed E-state index contributed by atoms with van der Waals surface area (Å²) in [6.07, 6.45) is 0.911. The number of aromatic nitrogens is 4. The number of ether oxygens (including phenoxy) is 1. The van der Waals surface area contributed by atoms with Gasteiger partial charge in [0, 0.05) is 4.91 Å². The molecule has 2 aromatic heterocycles. The summed E-state index contributed by atoms with van der Waals surface area (Å²) in [6.45, 7) is 10.3. The molecule has 0 amide bonds. The number of hydrogen-bond acceptors (Lipinski definition) is 8. The Bertz CT molecular complexity index is 905. The monoisotopic (exact) mass is 406 g/mol. The molecule has 12 heteroatoms. The van der Waals surface area contributed by atoms with Crippen molar-refractivity contribution in [1.82, 2.24) is 19.5 Å². The molecule has 0 saturated carbocycles. The van der Waals surface area contributed by atoms with E-state index in [1.54, 1.807) is 10.9 Å². The lowest BCUT2D eigenvalue weighted by molar-refractivity contribution is -0.0462. The number of nitrogen functional groups attached to an aromatic ring is 1. The molecule has 152 valence electrons. The van der Waals surface area contributed by atoms with Crippen molar-refractivity contribution in [1.29, 1.82) is 0 Å². The van der Waals surface area contributed by atoms with E-state index in [4.69, 9.17) is 20.4 Å². The second kappa shape index (κ2) is 7.30. The summed E-state index contributed by atoms with van der Waals surface area (Å²) in [7, 11) is -2.25. The number of nitrogens with zero attached hydrogens (tertiary/aromatic N) is 7. The zero-order valence-electron chi connectivity index (χ0n) is 16.6. The second-order valence-corrected chi connectivity index (χ2v) is 13.1. The van der Waals surface area contributed by atoms with Gasteiger partial charge in [0.2, 0.25) is 0 Å². The van der Waals surface area contributed by atoms with E-state index < -0.39 is 32.8 Å². The number of anilines is 1. The third-order valence-electron chi connectivity index (χ3n) is 5.58. The highest BCUT2D eigenvalue weighted by atomic mass is 28.4. The number of rotatable bonds is 5. The van der Waals surface area contributed by atoms with E-state index in [9.17, 15) is 5.11 Å². The van der Waals surface area contributed by atoms with Crippen LogP contribution in [0.4, 0.5) is 5.82 Å². The third-order valence-corrected chi connectivity index (χ3v) is 10.0. The first kappa shape index (κ1) is 20.5. The highest BCUT2D eigenvalue weighted by Crippen LogP contribution is 2.43. The van der Waals surface area contributed by atoms with E-state index in [1.165, 1.54) is 6.33 Å². The van der Waals surface area contributed by atoms with Crippen molar-refractivity contribution >= 4 is 25.3 Å². The zero-order chi connectivity index (χ0) is 20.7. The molecule has 1 unspecified atom stereocenters. The second-order valence-electron chi connectivity index (χ2n) is 8.37. The molecule has 3 rings (SSSR count). The van der Waals surface area contributed by atoms with Gasteiger partial charge in [-0.3, -0.25) is 4.57 Å². The number of fused-ring (bicyclic) bond motifs is 1. The molecule has 4 atom stereocenters. The Labute approximate surface area is 163 Å². The van der Waals surface area contributed by atoms with Crippen molar-refractivity contribution in [2.45, 2.75) is 63.4 Å². The Hall–Kier alpha value is -2.24. The van der Waals surface area contributed by atoms with E-state index >= 15 is 0 Å². The van der Waals surface area contributed by atoms with E-state index in [0.29, 0.717) is 11.2 Å². The van der Waals surface area contributed by atoms with Crippen molar-refractivity contribution in [2.75, 3.05) is 12.3 Å². The van der Waals surface area contributed by atoms with Gasteiger partial charge in [-0.2, -0.15) is 0 Å². The average Bonchev–Trinajstić information content (AvgIpc) is 3.17. The predicted molar refractivity (Wildman–Crippen MR) is 106 cm³/mol. The molecule has 0 aliphatic carbocycles. The largest absolute Gasteiger partial charge is 0.409 e. The molecule has 11 nitrogen and oxygen atoms in total. The maximum Gasteiger partial charge on any atom is 0.192 e. The van der Waals surface area contributed by atoms with Gasteiger partial charge < -0.3 is 20.0 Å². The van der Waals surface area contributed by atoms with Crippen LogP contribution in [0.1, 0.15) is 27.0 Å². The molecule has 2 aromatic rings. The van der Waals surface area contributed by atoms with E-state index in [0.717, 1.165) is 0 Å². The molecular formula is C16H26N8O3Si. The van der Waals surface area contributed by atoms with Crippen molar-refractivity contribution in [2.24, 2.45) is 5.11 Å². The number of aliphatic hydroxyl groups excluding tert-OH is 1. The lowest BCUT2D eigenvalue weighted by Crippen LogP contribution is -2.48. The zero-order valence-corrected chi connectivity index (χ0v) is 17.6. The Morgan fingerprint density at radius 2 is 2.11 bits per heavy atom. The summed E-state index contributed by atoms with van der Waals surface area (Å²) in [4.78, 5) is 15.5. The van der Waals surface area contributed by atoms with E-state index in [2.05, 4.69) is 58.8 Å². The van der Waals surface area contributed by atoms with Gasteiger partial charge in [-0.05, 0) is 23.7 Å². The molecule has 0 bridgehead atoms. The van der Waals surface area contributed by atoms with E-state index in [1.807, 2.05) is 0 Å². The maximum absolute atomic E-state index is 9.79. The van der Waals surface area contributed by atoms with Gasteiger partial charge in [0.05, 0.1) is 25.1 Å². The fraction of sp³-hybridized carbons (Fsp3) is 0.688. The maximum atomic E-state index is 9.79. The third kappa shape index (κ3) is 3.45. The summed E-state index contributed by atoms with van der Waals surface area (Å²) in [5.41, 5.74) is 15.9. The fourth-order valence-electron chi connectivity index (χ4n) is 2.99. The van der Waals surface area contributed by atoms with Crippen LogP contribution in [0.25, 0.3) is 21.6 Å². The summed E-state index contributed by atoms with van der Waals surface area (Å²) in [5.74, 6) is 0.258. The summed E-state index contributed by atoms with van der Waals surface area (Å²) in [5, 5.41) is 13.6. The van der Waals surface area contributed by atoms with Crippen LogP contribution in [0, 0.1) is 0 Å². The van der Waals surface area contributed by atoms with Crippen LogP contribution in [0.15, 0.2) is 17.8 Å². The molecule has 3 heterocycles. The molecule has 1 fully saturated rings. The molecule has 1 saturated heterocycles. The van der Waals surface area contributed by atoms with Gasteiger partial charge >= 0.3 is 0 Å². The fourth-order valence-corrected chi connectivity index (χ4v) is 4.28. The first-order valence-electron chi connectivity index (χ1n) is 9.02. The highest BCUT2D eigenvalue weighted by Gasteiger charge is 2.50. The number of aliphatic hydroxyl groups is 1. The Balaban J connectivity index is 2.08. The number of azide groups is 1. The van der Waals surface area contributed by atoms with Crippen molar-refractivity contribution in [3.05, 3.63) is 23.1 Å². The number of hydrogen-bond donors (Lipinski definition) is 2. The minimum atomic E-state index is -2.25. The Kier molecular flexibility index (Phi) is 5.34. The van der Waals surface area contributed by atoms with Crippen molar-refractivity contribution < 1.29 is 14.3 Å². The summed E-state index contributed by atoms with van der Waals surface area (Å²) in [6, 6.07) is -0.689. The van der Waals surface area contributed by atoms with Crippen LogP contribution in [-0.4, -0.2) is 57.8 Å². The molecule has 0 spiro atoms. The number of imidazole rings is 1. The van der Waals surface area contributed by atoms with Gasteiger partial charge in [-0.1, -0.05) is 25.9 Å². The lowest BCUT2D eigenvalue weighted by Gasteiger charge is -2.40. The summed E-state index contributed by atoms with van der Waals surface area (Å²) >= 11 is 0. The normalized spacial score (nSPS) is 25.8. The molecular weight excluding hydrogens is 380 g/mol. The van der Waals surface area contributed by atoms with Gasteiger partial charge in [0.25, 0.3) is 0 Å². The van der Waals surface area contributed by atoms with Crippen LogP contribution in [0.3, 0.4) is 0 Å². The molecule has 1 aliphatic rings. The lowest BCUT2D eigenvalue weighted by atomic mass is 10.1. The van der Waals surface area contributed by atoms with E-state index in [-0.39, 0.29) is 17.5 Å². The van der Waals surface area contributed by atoms with Crippen molar-refractivity contribution in [3.63, 3.8) is 0 Å². The van der Waals surface area contributed by atoms with Gasteiger partial charge in [-0.25, -0.2) is 15.0 Å². The minimum Gasteiger partial charge on any atom is -0.409 e. The van der Waals surface area contributed by atoms with Crippen molar-refractivity contribution in [3.8, 4) is 0 Å². The molecule has 1 aliphatic heterocycles. The summed E-state index contributed by atoms with van der Waals surface area (Å²) < 4.78 is 14.3. The number of nitrogens with two attached hydrogens (primary N) is 1. The first-order chi connectivity index (χ1) is 13.1. The molecule has 28 heavy (non-hydrogen) atoms. The highest BCUT2D eigenvalue weighted by molar-refractivity contribution is 6.74. The average molecular weight is 407 g/mol. The van der Waals surface area contributed by atoms with Crippen LogP contribution < -0.4 is 5.73 Å². The molecule has 0 radical (unpaired) electrons. The molecule has 3 N–H and O–H groups in total. The molecule has 0 aromatic carbocycles. The Morgan fingerprint density at radius 1 is 1.39 bits per heavy atom. The standard InChI is InChI=1S/C16H26N8O3Si/c1-16(2,3)28(4,5)27-12-10(22-23-18)9(6-25)26-15(12)24-8-21-11-13(17)19-7-20-14(11)24/h7-10,12,15,25H,6H2,1-5H3,(H2,17,19,20)/t9-,10+,12?,15-/m1/s1. The topological polar surface area (TPSA) is 157 Å². The van der Waals surface area contributed by atoms with Gasteiger partial charge in [0.15, 0.2) is 26.0 Å². The smallest absolute Gasteiger partial charge is 0.192 e. The quantitative estimate of drug-likeness (QED) is 0.334. The van der Waals surface area contributed by atoms with Crippen LogP contribution in [0.2, 0.25) is 18.1 Å². The predicted octanol–water partition coefficient (Wildman–Crippen LogP) is 2.37. The van der Waals surface area contributed by atoms with Crippen LogP contribution in [0.5, 0.6) is 0 Å². The first-order valence-corrected chi connectivity index (χ1v) is 11.9. The minimum absolute atomic E-state index is 0.0701. The van der Waals surface area contributed by atoms with Crippen LogP contribution in [-0.2, 0) is 9.16 Å². The van der Waals surface area contributed by atoms with Gasteiger partial charge in [-0.15, -0.1) is 0 Å². The van der Waals surface area contributed by atoms with Crippen LogP contribution >= 0.6 is 0 Å². The van der Waals surface area contributed by atoms with Gasteiger partial charge in [0.1, 0.15) is 17.9 Å². The SMILES string of the molecule is CC(C)(C)[Si](C)(C)OC1[C@@H](N=[N+]=[N-])[C@@H](CO)O[C@H]1n1cnc2c(N)ncnc21. The Morgan fingerprint density at radius 3 is 2.71 bits per heavy atom.